The zero-order valence-corrected chi connectivity index (χ0v) is 15.6. The van der Waals surface area contributed by atoms with Crippen molar-refractivity contribution in [3.63, 3.8) is 0 Å². The van der Waals surface area contributed by atoms with Gasteiger partial charge in [0.15, 0.2) is 0 Å². The van der Waals surface area contributed by atoms with Crippen LogP contribution >= 0.6 is 0 Å². The van der Waals surface area contributed by atoms with Gasteiger partial charge in [-0.25, -0.2) is 4.79 Å². The van der Waals surface area contributed by atoms with Crippen molar-refractivity contribution in [2.45, 2.75) is 38.3 Å². The van der Waals surface area contributed by atoms with E-state index in [1.807, 2.05) is 48.5 Å². The Labute approximate surface area is 160 Å². The van der Waals surface area contributed by atoms with Crippen LogP contribution in [0.3, 0.4) is 0 Å². The van der Waals surface area contributed by atoms with E-state index in [0.29, 0.717) is 26.1 Å². The van der Waals surface area contributed by atoms with Gasteiger partial charge in [-0.15, -0.1) is 0 Å². The Kier molecular flexibility index (Phi) is 6.85. The topological polar surface area (TPSA) is 61.4 Å². The third-order valence-corrected chi connectivity index (χ3v) is 4.79. The fraction of sp³-hybridized carbons (Fsp3) is 0.364. The molecule has 1 fully saturated rings. The number of nitrogens with zero attached hydrogens (tertiary/aromatic N) is 1. The maximum Gasteiger partial charge on any atom is 0.315 e. The molecular formula is C22H27N3O2. The summed E-state index contributed by atoms with van der Waals surface area (Å²) >= 11 is 0. The zero-order valence-electron chi connectivity index (χ0n) is 15.6. The molecule has 1 unspecified atom stereocenters. The standard InChI is InChI=1S/C22H27N3O2/c26-21-15-20(17-25(21)16-19-12-5-2-6-13-19)24-22(27)23-14-8-7-11-18-9-3-1-4-10-18/h1-6,9-10,12-13,20H,7-8,11,14-17H2,(H2,23,24,27). The summed E-state index contributed by atoms with van der Waals surface area (Å²) in [5, 5.41) is 5.82. The molecule has 2 N–H and O–H groups in total. The predicted octanol–water partition coefficient (Wildman–Crippen LogP) is 3.11. The van der Waals surface area contributed by atoms with Crippen LogP contribution in [-0.4, -0.2) is 36.0 Å². The van der Waals surface area contributed by atoms with Crippen LogP contribution in [-0.2, 0) is 17.8 Å². The molecule has 142 valence electrons. The lowest BCUT2D eigenvalue weighted by atomic mass is 10.1. The second-order valence-electron chi connectivity index (χ2n) is 7.00. The molecular weight excluding hydrogens is 338 g/mol. The third kappa shape index (κ3) is 6.13. The van der Waals surface area contributed by atoms with Gasteiger partial charge in [0.05, 0.1) is 6.04 Å². The van der Waals surface area contributed by atoms with E-state index in [9.17, 15) is 9.59 Å². The second kappa shape index (κ2) is 9.76. The normalized spacial score (nSPS) is 16.4. The zero-order chi connectivity index (χ0) is 18.9. The van der Waals surface area contributed by atoms with Crippen LogP contribution in [0, 0.1) is 0 Å². The van der Waals surface area contributed by atoms with Gasteiger partial charge in [-0.3, -0.25) is 4.79 Å². The van der Waals surface area contributed by atoms with E-state index < -0.39 is 0 Å². The molecule has 5 heteroatoms. The Morgan fingerprint density at radius 1 is 0.963 bits per heavy atom. The highest BCUT2D eigenvalue weighted by molar-refractivity contribution is 5.81. The fourth-order valence-electron chi connectivity index (χ4n) is 3.36. The van der Waals surface area contributed by atoms with Gasteiger partial charge in [-0.1, -0.05) is 60.7 Å². The molecule has 2 aromatic rings. The number of hydrogen-bond donors (Lipinski definition) is 2. The van der Waals surface area contributed by atoms with Crippen LogP contribution in [0.25, 0.3) is 0 Å². The summed E-state index contributed by atoms with van der Waals surface area (Å²) in [7, 11) is 0. The smallest absolute Gasteiger partial charge is 0.315 e. The molecule has 1 atom stereocenters. The molecule has 0 aliphatic carbocycles. The molecule has 0 radical (unpaired) electrons. The molecule has 1 heterocycles. The van der Waals surface area contributed by atoms with Crippen molar-refractivity contribution < 1.29 is 9.59 Å². The number of amides is 3. The van der Waals surface area contributed by atoms with Gasteiger partial charge < -0.3 is 15.5 Å². The highest BCUT2D eigenvalue weighted by atomic mass is 16.2. The Hall–Kier alpha value is -2.82. The van der Waals surface area contributed by atoms with Crippen molar-refractivity contribution in [1.29, 1.82) is 0 Å². The van der Waals surface area contributed by atoms with Crippen molar-refractivity contribution >= 4 is 11.9 Å². The average Bonchev–Trinajstić information content (AvgIpc) is 3.02. The van der Waals surface area contributed by atoms with Gasteiger partial charge >= 0.3 is 6.03 Å². The Morgan fingerprint density at radius 3 is 2.33 bits per heavy atom. The summed E-state index contributed by atoms with van der Waals surface area (Å²) < 4.78 is 0. The number of benzene rings is 2. The minimum atomic E-state index is -0.186. The predicted molar refractivity (Wildman–Crippen MR) is 106 cm³/mol. The molecule has 0 spiro atoms. The lowest BCUT2D eigenvalue weighted by Gasteiger charge is -2.17. The van der Waals surface area contributed by atoms with E-state index in [1.54, 1.807) is 4.90 Å². The van der Waals surface area contributed by atoms with E-state index in [-0.39, 0.29) is 18.0 Å². The number of hydrogen-bond acceptors (Lipinski definition) is 2. The van der Waals surface area contributed by atoms with Crippen molar-refractivity contribution in [2.75, 3.05) is 13.1 Å². The molecule has 0 bridgehead atoms. The van der Waals surface area contributed by atoms with E-state index in [2.05, 4.69) is 22.8 Å². The van der Waals surface area contributed by atoms with Crippen molar-refractivity contribution in [3.8, 4) is 0 Å². The fourth-order valence-corrected chi connectivity index (χ4v) is 3.36. The number of carbonyl (C=O) groups excluding carboxylic acids is 2. The number of carbonyl (C=O) groups is 2. The first kappa shape index (κ1) is 19.0. The summed E-state index contributed by atoms with van der Waals surface area (Å²) in [6, 6.07) is 20.0. The first-order chi connectivity index (χ1) is 13.2. The first-order valence-electron chi connectivity index (χ1n) is 9.61. The molecule has 1 aliphatic heterocycles. The van der Waals surface area contributed by atoms with E-state index >= 15 is 0 Å². The van der Waals surface area contributed by atoms with Crippen LogP contribution in [0.15, 0.2) is 60.7 Å². The Balaban J connectivity index is 1.32. The monoisotopic (exact) mass is 365 g/mol. The molecule has 5 nitrogen and oxygen atoms in total. The van der Waals surface area contributed by atoms with Crippen LogP contribution in [0.2, 0.25) is 0 Å². The highest BCUT2D eigenvalue weighted by Crippen LogP contribution is 2.15. The Morgan fingerprint density at radius 2 is 1.63 bits per heavy atom. The molecule has 0 aromatic heterocycles. The summed E-state index contributed by atoms with van der Waals surface area (Å²) in [6.45, 7) is 1.81. The van der Waals surface area contributed by atoms with Gasteiger partial charge in [-0.2, -0.15) is 0 Å². The van der Waals surface area contributed by atoms with Gasteiger partial charge in [0.1, 0.15) is 0 Å². The molecule has 27 heavy (non-hydrogen) atoms. The molecule has 1 aliphatic rings. The number of urea groups is 1. The van der Waals surface area contributed by atoms with E-state index in [4.69, 9.17) is 0 Å². The van der Waals surface area contributed by atoms with Gasteiger partial charge in [0, 0.05) is 26.1 Å². The molecule has 1 saturated heterocycles. The SMILES string of the molecule is O=C(NCCCCc1ccccc1)NC1CC(=O)N(Cc2ccccc2)C1. The summed E-state index contributed by atoms with van der Waals surface area (Å²) in [5.74, 6) is 0.0898. The molecule has 3 rings (SSSR count). The van der Waals surface area contributed by atoms with Crippen molar-refractivity contribution in [2.24, 2.45) is 0 Å². The number of nitrogens with one attached hydrogen (secondary N) is 2. The molecule has 2 aromatic carbocycles. The minimum absolute atomic E-state index is 0.0898. The van der Waals surface area contributed by atoms with Gasteiger partial charge in [-0.05, 0) is 30.4 Å². The van der Waals surface area contributed by atoms with E-state index in [1.165, 1.54) is 5.56 Å². The summed E-state index contributed by atoms with van der Waals surface area (Å²) in [4.78, 5) is 26.0. The first-order valence-corrected chi connectivity index (χ1v) is 9.61. The number of likely N-dealkylation sites (tertiary alicyclic amines) is 1. The quantitative estimate of drug-likeness (QED) is 0.706. The lowest BCUT2D eigenvalue weighted by Crippen LogP contribution is -2.43. The van der Waals surface area contributed by atoms with Gasteiger partial charge in [0.25, 0.3) is 0 Å². The summed E-state index contributed by atoms with van der Waals surface area (Å²) in [5.41, 5.74) is 2.43. The number of unbranched alkanes of at least 4 members (excludes halogenated alkanes) is 1. The molecule has 3 amide bonds. The van der Waals surface area contributed by atoms with Gasteiger partial charge in [0.2, 0.25) is 5.91 Å². The third-order valence-electron chi connectivity index (χ3n) is 4.79. The second-order valence-corrected chi connectivity index (χ2v) is 7.00. The Bertz CT molecular complexity index is 734. The van der Waals surface area contributed by atoms with Crippen molar-refractivity contribution in [1.82, 2.24) is 15.5 Å². The van der Waals surface area contributed by atoms with Crippen LogP contribution in [0.5, 0.6) is 0 Å². The van der Waals surface area contributed by atoms with Crippen molar-refractivity contribution in [3.05, 3.63) is 71.8 Å². The maximum atomic E-state index is 12.2. The largest absolute Gasteiger partial charge is 0.338 e. The highest BCUT2D eigenvalue weighted by Gasteiger charge is 2.30. The van der Waals surface area contributed by atoms with Crippen LogP contribution in [0.4, 0.5) is 4.79 Å². The number of aryl methyl sites for hydroxylation is 1. The molecule has 0 saturated carbocycles. The summed E-state index contributed by atoms with van der Waals surface area (Å²) in [6.07, 6.45) is 3.37. The van der Waals surface area contributed by atoms with Crippen LogP contribution in [0.1, 0.15) is 30.4 Å². The number of rotatable bonds is 8. The average molecular weight is 365 g/mol. The minimum Gasteiger partial charge on any atom is -0.338 e. The maximum absolute atomic E-state index is 12.2. The van der Waals surface area contributed by atoms with E-state index in [0.717, 1.165) is 24.8 Å². The lowest BCUT2D eigenvalue weighted by molar-refractivity contribution is -0.128. The van der Waals surface area contributed by atoms with Crippen LogP contribution < -0.4 is 10.6 Å².